The van der Waals surface area contributed by atoms with Crippen molar-refractivity contribution >= 4 is 17.3 Å². The number of aromatic nitrogens is 2. The number of benzene rings is 1. The Labute approximate surface area is 120 Å². The van der Waals surface area contributed by atoms with E-state index in [0.717, 1.165) is 12.8 Å². The van der Waals surface area contributed by atoms with Gasteiger partial charge in [-0.15, -0.1) is 11.6 Å². The number of nitrogens with zero attached hydrogens (tertiary/aromatic N) is 3. The number of hydrogen-bond acceptors (Lipinski definition) is 5. The summed E-state index contributed by atoms with van der Waals surface area (Å²) in [5.41, 5.74) is 1.07. The van der Waals surface area contributed by atoms with Crippen molar-refractivity contribution < 1.29 is 9.45 Å². The molecule has 0 N–H and O–H groups in total. The van der Waals surface area contributed by atoms with Gasteiger partial charge in [-0.3, -0.25) is 10.1 Å². The van der Waals surface area contributed by atoms with E-state index in [1.54, 1.807) is 19.1 Å². The zero-order valence-corrected chi connectivity index (χ0v) is 11.9. The lowest BCUT2D eigenvalue weighted by Crippen LogP contribution is -1.95. The van der Waals surface area contributed by atoms with Crippen molar-refractivity contribution in [3.63, 3.8) is 0 Å². The van der Waals surface area contributed by atoms with Crippen LogP contribution in [0.5, 0.6) is 0 Å². The number of nitro groups is 1. The van der Waals surface area contributed by atoms with Gasteiger partial charge in [0.15, 0.2) is 5.82 Å². The largest absolute Gasteiger partial charge is 0.334 e. The molecule has 0 saturated heterocycles. The Morgan fingerprint density at radius 1 is 1.50 bits per heavy atom. The first-order valence-electron chi connectivity index (χ1n) is 6.26. The highest BCUT2D eigenvalue weighted by Gasteiger charge is 2.20. The summed E-state index contributed by atoms with van der Waals surface area (Å²) in [4.78, 5) is 14.7. The SMILES string of the molecule is CCCC(Cl)c1noc(-c2cccc([N+](=O)[O-])c2C)n1. The van der Waals surface area contributed by atoms with Crippen LogP contribution in [0.3, 0.4) is 0 Å². The average Bonchev–Trinajstić information content (AvgIpc) is 2.88. The fourth-order valence-corrected chi connectivity index (χ4v) is 2.21. The van der Waals surface area contributed by atoms with E-state index in [9.17, 15) is 10.1 Å². The van der Waals surface area contributed by atoms with Crippen molar-refractivity contribution in [1.82, 2.24) is 10.1 Å². The highest BCUT2D eigenvalue weighted by Crippen LogP contribution is 2.30. The van der Waals surface area contributed by atoms with Crippen LogP contribution in [0.2, 0.25) is 0 Å². The Kier molecular flexibility index (Phi) is 4.34. The van der Waals surface area contributed by atoms with Gasteiger partial charge >= 0.3 is 0 Å². The van der Waals surface area contributed by atoms with Crippen molar-refractivity contribution in [2.75, 3.05) is 0 Å². The number of hydrogen-bond donors (Lipinski definition) is 0. The first-order valence-corrected chi connectivity index (χ1v) is 6.70. The van der Waals surface area contributed by atoms with Crippen LogP contribution in [0, 0.1) is 17.0 Å². The third-order valence-corrected chi connectivity index (χ3v) is 3.41. The molecule has 2 aromatic rings. The second-order valence-electron chi connectivity index (χ2n) is 4.42. The molecule has 0 saturated carbocycles. The van der Waals surface area contributed by atoms with Gasteiger partial charge in [0.25, 0.3) is 11.6 Å². The fraction of sp³-hybridized carbons (Fsp3) is 0.385. The maximum absolute atomic E-state index is 10.9. The molecule has 106 valence electrons. The van der Waals surface area contributed by atoms with Crippen LogP contribution >= 0.6 is 11.6 Å². The van der Waals surface area contributed by atoms with E-state index in [-0.39, 0.29) is 17.0 Å². The molecule has 0 aliphatic heterocycles. The summed E-state index contributed by atoms with van der Waals surface area (Å²) >= 11 is 6.14. The van der Waals surface area contributed by atoms with Crippen molar-refractivity contribution in [2.24, 2.45) is 0 Å². The Hall–Kier alpha value is -1.95. The molecule has 1 heterocycles. The molecule has 0 aliphatic carbocycles. The topological polar surface area (TPSA) is 82.1 Å². The lowest BCUT2D eigenvalue weighted by molar-refractivity contribution is -0.385. The van der Waals surface area contributed by atoms with Crippen molar-refractivity contribution in [3.05, 3.63) is 39.7 Å². The van der Waals surface area contributed by atoms with E-state index in [1.807, 2.05) is 6.92 Å². The van der Waals surface area contributed by atoms with Crippen LogP contribution in [-0.4, -0.2) is 15.1 Å². The second kappa shape index (κ2) is 6.00. The predicted molar refractivity (Wildman–Crippen MR) is 74.6 cm³/mol. The summed E-state index contributed by atoms with van der Waals surface area (Å²) in [6.07, 6.45) is 1.66. The highest BCUT2D eigenvalue weighted by molar-refractivity contribution is 6.20. The molecule has 1 aromatic heterocycles. The Morgan fingerprint density at radius 3 is 2.90 bits per heavy atom. The van der Waals surface area contributed by atoms with E-state index in [1.165, 1.54) is 6.07 Å². The minimum Gasteiger partial charge on any atom is -0.334 e. The van der Waals surface area contributed by atoms with Gasteiger partial charge in [-0.25, -0.2) is 0 Å². The lowest BCUT2D eigenvalue weighted by atomic mass is 10.1. The Balaban J connectivity index is 2.38. The van der Waals surface area contributed by atoms with Crippen molar-refractivity contribution in [3.8, 4) is 11.5 Å². The average molecular weight is 296 g/mol. The molecule has 0 fully saturated rings. The molecule has 1 aromatic carbocycles. The summed E-state index contributed by atoms with van der Waals surface area (Å²) in [5.74, 6) is 0.664. The Bertz CT molecular complexity index is 627. The monoisotopic (exact) mass is 295 g/mol. The maximum Gasteiger partial charge on any atom is 0.273 e. The van der Waals surface area contributed by atoms with Crippen LogP contribution < -0.4 is 0 Å². The predicted octanol–water partition coefficient (Wildman–Crippen LogP) is 4.03. The van der Waals surface area contributed by atoms with Gasteiger partial charge in [-0.1, -0.05) is 24.6 Å². The van der Waals surface area contributed by atoms with Gasteiger partial charge in [0, 0.05) is 17.2 Å². The van der Waals surface area contributed by atoms with E-state index in [0.29, 0.717) is 17.0 Å². The molecule has 0 radical (unpaired) electrons. The van der Waals surface area contributed by atoms with Gasteiger partial charge < -0.3 is 4.52 Å². The normalized spacial score (nSPS) is 12.3. The molecule has 7 heteroatoms. The molecule has 6 nitrogen and oxygen atoms in total. The number of alkyl halides is 1. The van der Waals surface area contributed by atoms with Crippen LogP contribution in [0.1, 0.15) is 36.5 Å². The van der Waals surface area contributed by atoms with E-state index >= 15 is 0 Å². The van der Waals surface area contributed by atoms with Crippen molar-refractivity contribution in [2.45, 2.75) is 32.1 Å². The van der Waals surface area contributed by atoms with Gasteiger partial charge in [0.2, 0.25) is 0 Å². The minimum atomic E-state index is -0.433. The summed E-state index contributed by atoms with van der Waals surface area (Å²) in [5, 5.41) is 14.5. The minimum absolute atomic E-state index is 0.0261. The van der Waals surface area contributed by atoms with Gasteiger partial charge in [0.1, 0.15) is 0 Å². The standard InChI is InChI=1S/C13H14ClN3O3/c1-3-5-10(14)12-15-13(20-16-12)9-6-4-7-11(8(9)2)17(18)19/h4,6-7,10H,3,5H2,1-2H3. The van der Waals surface area contributed by atoms with Crippen LogP contribution in [0.4, 0.5) is 5.69 Å². The molecule has 1 unspecified atom stereocenters. The molecular weight excluding hydrogens is 282 g/mol. The molecule has 0 amide bonds. The van der Waals surface area contributed by atoms with E-state index < -0.39 is 4.92 Å². The van der Waals surface area contributed by atoms with Crippen LogP contribution in [0.25, 0.3) is 11.5 Å². The van der Waals surface area contributed by atoms with Gasteiger partial charge in [-0.05, 0) is 19.4 Å². The molecule has 0 spiro atoms. The smallest absolute Gasteiger partial charge is 0.273 e. The zero-order chi connectivity index (χ0) is 14.7. The van der Waals surface area contributed by atoms with Crippen LogP contribution in [-0.2, 0) is 0 Å². The van der Waals surface area contributed by atoms with Gasteiger partial charge in [0.05, 0.1) is 10.3 Å². The first kappa shape index (κ1) is 14.5. The van der Waals surface area contributed by atoms with Crippen molar-refractivity contribution in [1.29, 1.82) is 0 Å². The molecular formula is C13H14ClN3O3. The molecule has 2 rings (SSSR count). The van der Waals surface area contributed by atoms with Gasteiger partial charge in [-0.2, -0.15) is 4.98 Å². The molecule has 20 heavy (non-hydrogen) atoms. The summed E-state index contributed by atoms with van der Waals surface area (Å²) in [7, 11) is 0. The molecule has 0 bridgehead atoms. The second-order valence-corrected chi connectivity index (χ2v) is 4.95. The number of rotatable bonds is 5. The maximum atomic E-state index is 10.9. The number of halogens is 1. The zero-order valence-electron chi connectivity index (χ0n) is 11.2. The highest BCUT2D eigenvalue weighted by atomic mass is 35.5. The number of nitro benzene ring substituents is 1. The molecule has 0 aliphatic rings. The fourth-order valence-electron chi connectivity index (χ4n) is 1.91. The third-order valence-electron chi connectivity index (χ3n) is 3.00. The van der Waals surface area contributed by atoms with Crippen LogP contribution in [0.15, 0.2) is 22.7 Å². The summed E-state index contributed by atoms with van der Waals surface area (Å²) < 4.78 is 5.17. The third kappa shape index (κ3) is 2.80. The Morgan fingerprint density at radius 2 is 2.25 bits per heavy atom. The van der Waals surface area contributed by atoms with E-state index in [2.05, 4.69) is 10.1 Å². The summed E-state index contributed by atoms with van der Waals surface area (Å²) in [6.45, 7) is 3.67. The summed E-state index contributed by atoms with van der Waals surface area (Å²) in [6, 6.07) is 4.74. The van der Waals surface area contributed by atoms with E-state index in [4.69, 9.17) is 16.1 Å². The first-order chi connectivity index (χ1) is 9.54. The lowest BCUT2D eigenvalue weighted by Gasteiger charge is -2.01. The quantitative estimate of drug-likeness (QED) is 0.472. The molecule has 1 atom stereocenters.